The van der Waals surface area contributed by atoms with Crippen LogP contribution in [-0.2, 0) is 0 Å². The second kappa shape index (κ2) is 5.88. The van der Waals surface area contributed by atoms with Gasteiger partial charge in [0, 0.05) is 21.4 Å². The van der Waals surface area contributed by atoms with Gasteiger partial charge in [0.25, 0.3) is 5.91 Å². The highest BCUT2D eigenvalue weighted by Crippen LogP contribution is 2.20. The maximum absolute atomic E-state index is 12.1. The minimum Gasteiger partial charge on any atom is -0.398 e. The maximum Gasteiger partial charge on any atom is 0.257 e. The van der Waals surface area contributed by atoms with Gasteiger partial charge in [-0.15, -0.1) is 0 Å². The molecule has 2 aromatic carbocycles. The molecular weight excluding hydrogens is 320 g/mol. The lowest BCUT2D eigenvalue weighted by atomic mass is 10.1. The third-order valence-corrected chi connectivity index (χ3v) is 3.28. The summed E-state index contributed by atoms with van der Waals surface area (Å²) in [5.41, 5.74) is 7.70. The zero-order valence-corrected chi connectivity index (χ0v) is 12.4. The Morgan fingerprint density at radius 3 is 2.55 bits per heavy atom. The Morgan fingerprint density at radius 2 is 1.90 bits per heavy atom. The van der Waals surface area contributed by atoms with Crippen LogP contribution < -0.4 is 11.1 Å². The summed E-state index contributed by atoms with van der Waals surface area (Å²) in [5, 5.41) is 2.73. The highest BCUT2D eigenvalue weighted by Gasteiger charge is 2.10. The van der Waals surface area contributed by atoms with E-state index in [9.17, 15) is 9.59 Å². The Hall–Kier alpha value is -2.14. The maximum atomic E-state index is 12.1. The Morgan fingerprint density at radius 1 is 1.15 bits per heavy atom. The molecule has 0 radical (unpaired) electrons. The van der Waals surface area contributed by atoms with E-state index in [0.29, 0.717) is 22.5 Å². The quantitative estimate of drug-likeness (QED) is 0.667. The number of anilines is 2. The zero-order valence-electron chi connectivity index (χ0n) is 10.8. The molecule has 2 rings (SSSR count). The van der Waals surface area contributed by atoms with E-state index >= 15 is 0 Å². The van der Waals surface area contributed by atoms with E-state index in [4.69, 9.17) is 5.73 Å². The van der Waals surface area contributed by atoms with E-state index in [1.807, 2.05) is 0 Å². The molecule has 0 aliphatic carbocycles. The molecule has 0 fully saturated rings. The van der Waals surface area contributed by atoms with Crippen molar-refractivity contribution in [3.63, 3.8) is 0 Å². The molecule has 0 aliphatic heterocycles. The highest BCUT2D eigenvalue weighted by atomic mass is 79.9. The van der Waals surface area contributed by atoms with Crippen LogP contribution in [0.1, 0.15) is 27.6 Å². The molecule has 4 nitrogen and oxygen atoms in total. The zero-order chi connectivity index (χ0) is 14.7. The van der Waals surface area contributed by atoms with Gasteiger partial charge in [0.15, 0.2) is 5.78 Å². The topological polar surface area (TPSA) is 72.2 Å². The van der Waals surface area contributed by atoms with E-state index in [1.54, 1.807) is 42.5 Å². The van der Waals surface area contributed by atoms with Gasteiger partial charge in [-0.3, -0.25) is 9.59 Å². The normalized spacial score (nSPS) is 10.1. The van der Waals surface area contributed by atoms with Crippen LogP contribution in [0.15, 0.2) is 46.9 Å². The van der Waals surface area contributed by atoms with Crippen molar-refractivity contribution in [2.45, 2.75) is 6.92 Å². The third-order valence-electron chi connectivity index (χ3n) is 2.79. The average Bonchev–Trinajstić information content (AvgIpc) is 2.38. The molecular formula is C15H13BrN2O2. The van der Waals surface area contributed by atoms with Gasteiger partial charge in [-0.2, -0.15) is 0 Å². The number of carbonyl (C=O) groups is 2. The van der Waals surface area contributed by atoms with Crippen LogP contribution >= 0.6 is 15.9 Å². The molecule has 2 aromatic rings. The second-order valence-electron chi connectivity index (χ2n) is 4.32. The number of rotatable bonds is 3. The third kappa shape index (κ3) is 3.24. The minimum atomic E-state index is -0.310. The molecule has 0 atom stereocenters. The molecule has 5 heteroatoms. The largest absolute Gasteiger partial charge is 0.398 e. The molecule has 0 heterocycles. The number of hydrogen-bond acceptors (Lipinski definition) is 3. The number of halogens is 1. The summed E-state index contributed by atoms with van der Waals surface area (Å²) in [6.45, 7) is 1.48. The van der Waals surface area contributed by atoms with Crippen molar-refractivity contribution in [1.82, 2.24) is 0 Å². The van der Waals surface area contributed by atoms with Gasteiger partial charge in [0.05, 0.1) is 5.56 Å². The van der Waals surface area contributed by atoms with Crippen LogP contribution in [0.3, 0.4) is 0 Å². The van der Waals surface area contributed by atoms with Crippen LogP contribution in [0.5, 0.6) is 0 Å². The fraction of sp³-hybridized carbons (Fsp3) is 0.0667. The summed E-state index contributed by atoms with van der Waals surface area (Å²) in [6.07, 6.45) is 0. The van der Waals surface area contributed by atoms with E-state index in [1.165, 1.54) is 6.92 Å². The second-order valence-corrected chi connectivity index (χ2v) is 5.24. The van der Waals surface area contributed by atoms with Crippen molar-refractivity contribution in [3.05, 3.63) is 58.1 Å². The van der Waals surface area contributed by atoms with Gasteiger partial charge in [-0.05, 0) is 37.3 Å². The molecule has 0 aliphatic rings. The molecule has 20 heavy (non-hydrogen) atoms. The molecule has 0 saturated carbocycles. The summed E-state index contributed by atoms with van der Waals surface area (Å²) < 4.78 is 0.810. The standard InChI is InChI=1S/C15H13BrN2O2/c1-9(19)10-3-2-4-12(7-10)18-15(20)13-6-5-11(16)8-14(13)17/h2-8H,17H2,1H3,(H,18,20). The van der Waals surface area contributed by atoms with Gasteiger partial charge < -0.3 is 11.1 Å². The first-order valence-corrected chi connectivity index (χ1v) is 6.74. The lowest BCUT2D eigenvalue weighted by Crippen LogP contribution is -2.14. The predicted molar refractivity (Wildman–Crippen MR) is 83.0 cm³/mol. The SMILES string of the molecule is CC(=O)c1cccc(NC(=O)c2ccc(Br)cc2N)c1. The van der Waals surface area contributed by atoms with Crippen LogP contribution in [0.2, 0.25) is 0 Å². The molecule has 0 bridgehead atoms. The van der Waals surface area contributed by atoms with Crippen molar-refractivity contribution in [3.8, 4) is 0 Å². The summed E-state index contributed by atoms with van der Waals surface area (Å²) in [4.78, 5) is 23.4. The number of benzene rings is 2. The van der Waals surface area contributed by atoms with E-state index in [2.05, 4.69) is 21.2 Å². The summed E-state index contributed by atoms with van der Waals surface area (Å²) in [6, 6.07) is 11.8. The Labute approximate surface area is 125 Å². The molecule has 0 spiro atoms. The molecule has 0 unspecified atom stereocenters. The number of amides is 1. The van der Waals surface area contributed by atoms with Gasteiger partial charge in [0.2, 0.25) is 0 Å². The molecule has 1 amide bonds. The van der Waals surface area contributed by atoms with E-state index in [-0.39, 0.29) is 11.7 Å². The van der Waals surface area contributed by atoms with Crippen molar-refractivity contribution < 1.29 is 9.59 Å². The van der Waals surface area contributed by atoms with Crippen molar-refractivity contribution >= 4 is 39.0 Å². The average molecular weight is 333 g/mol. The van der Waals surface area contributed by atoms with Crippen molar-refractivity contribution in [2.24, 2.45) is 0 Å². The van der Waals surface area contributed by atoms with Crippen LogP contribution in [0, 0.1) is 0 Å². The fourth-order valence-electron chi connectivity index (χ4n) is 1.75. The number of nitrogens with two attached hydrogens (primary N) is 1. The van der Waals surface area contributed by atoms with Crippen LogP contribution in [0.25, 0.3) is 0 Å². The van der Waals surface area contributed by atoms with Crippen LogP contribution in [0.4, 0.5) is 11.4 Å². The first kappa shape index (κ1) is 14.3. The highest BCUT2D eigenvalue weighted by molar-refractivity contribution is 9.10. The Kier molecular flexibility index (Phi) is 4.20. The van der Waals surface area contributed by atoms with Crippen LogP contribution in [-0.4, -0.2) is 11.7 Å². The fourth-order valence-corrected chi connectivity index (χ4v) is 2.13. The summed E-state index contributed by atoms with van der Waals surface area (Å²) in [7, 11) is 0. The van der Waals surface area contributed by atoms with Gasteiger partial charge in [-0.1, -0.05) is 28.1 Å². The smallest absolute Gasteiger partial charge is 0.257 e. The number of Topliss-reactive ketones (excluding diaryl/α,β-unsaturated/α-hetero) is 1. The molecule has 0 saturated heterocycles. The molecule has 0 aromatic heterocycles. The van der Waals surface area contributed by atoms with Gasteiger partial charge in [-0.25, -0.2) is 0 Å². The monoisotopic (exact) mass is 332 g/mol. The summed E-state index contributed by atoms with van der Waals surface area (Å²) >= 11 is 3.29. The minimum absolute atomic E-state index is 0.0516. The predicted octanol–water partition coefficient (Wildman–Crippen LogP) is 3.49. The summed E-state index contributed by atoms with van der Waals surface area (Å²) in [5.74, 6) is -0.361. The van der Waals surface area contributed by atoms with E-state index in [0.717, 1.165) is 4.47 Å². The van der Waals surface area contributed by atoms with Gasteiger partial charge >= 0.3 is 0 Å². The van der Waals surface area contributed by atoms with Crippen molar-refractivity contribution in [2.75, 3.05) is 11.1 Å². The number of ketones is 1. The van der Waals surface area contributed by atoms with E-state index < -0.39 is 0 Å². The first-order valence-electron chi connectivity index (χ1n) is 5.95. The lowest BCUT2D eigenvalue weighted by molar-refractivity contribution is 0.101. The molecule has 3 N–H and O–H groups in total. The number of nitrogen functional groups attached to an aromatic ring is 1. The molecule has 102 valence electrons. The Balaban J connectivity index is 2.23. The Bertz CT molecular complexity index is 683. The van der Waals surface area contributed by atoms with Gasteiger partial charge in [0.1, 0.15) is 0 Å². The number of hydrogen-bond donors (Lipinski definition) is 2. The number of nitrogens with one attached hydrogen (secondary N) is 1. The number of carbonyl (C=O) groups excluding carboxylic acids is 2. The van der Waals surface area contributed by atoms with Crippen molar-refractivity contribution in [1.29, 1.82) is 0 Å². The first-order chi connectivity index (χ1) is 9.47. The lowest BCUT2D eigenvalue weighted by Gasteiger charge is -2.08.